The number of carbonyl (C=O) groups excluding carboxylic acids is 2. The summed E-state index contributed by atoms with van der Waals surface area (Å²) >= 11 is 0. The number of hydrogen-bond donors (Lipinski definition) is 0. The fourth-order valence-corrected chi connectivity index (χ4v) is 7.21. The van der Waals surface area contributed by atoms with Crippen LogP contribution in [-0.2, 0) is 23.8 Å². The molecule has 64 heavy (non-hydrogen) atoms. The van der Waals surface area contributed by atoms with E-state index < -0.39 is 6.10 Å². The molecule has 366 valence electrons. The molecule has 5 heteroatoms. The lowest BCUT2D eigenvalue weighted by molar-refractivity contribution is -0.163. The zero-order chi connectivity index (χ0) is 46.3. The first-order valence-corrected chi connectivity index (χ1v) is 26.8. The van der Waals surface area contributed by atoms with Crippen LogP contribution in [0, 0.1) is 0 Å². The fourth-order valence-electron chi connectivity index (χ4n) is 7.21. The number of carbonyl (C=O) groups is 2. The molecular weight excluding hydrogens is 789 g/mol. The maximum atomic E-state index is 12.8. The van der Waals surface area contributed by atoms with Gasteiger partial charge in [0.15, 0.2) is 6.10 Å². The highest BCUT2D eigenvalue weighted by Gasteiger charge is 2.17. The predicted molar refractivity (Wildman–Crippen MR) is 279 cm³/mol. The molecule has 0 aliphatic rings. The first-order chi connectivity index (χ1) is 31.6. The molecule has 1 unspecified atom stereocenters. The summed E-state index contributed by atoms with van der Waals surface area (Å²) in [6.07, 6.45) is 72.9. The zero-order valence-electron chi connectivity index (χ0n) is 42.0. The van der Waals surface area contributed by atoms with E-state index in [9.17, 15) is 9.59 Å². The Hall–Kier alpha value is -3.18. The van der Waals surface area contributed by atoms with Crippen molar-refractivity contribution in [1.82, 2.24) is 0 Å². The molecule has 0 aromatic carbocycles. The molecule has 0 aliphatic heterocycles. The molecule has 1 atom stereocenters. The topological polar surface area (TPSA) is 61.8 Å². The molecule has 0 bridgehead atoms. The van der Waals surface area contributed by atoms with E-state index in [1.807, 2.05) is 0 Å². The predicted octanol–water partition coefficient (Wildman–Crippen LogP) is 18.2. The quantitative estimate of drug-likeness (QED) is 0.0346. The Balaban J connectivity index is 4.35. The van der Waals surface area contributed by atoms with E-state index >= 15 is 0 Å². The summed E-state index contributed by atoms with van der Waals surface area (Å²) in [5, 5.41) is 0. The van der Waals surface area contributed by atoms with Crippen LogP contribution in [0.5, 0.6) is 0 Å². The minimum absolute atomic E-state index is 0.0532. The first kappa shape index (κ1) is 60.8. The number of hydrogen-bond acceptors (Lipinski definition) is 5. The van der Waals surface area contributed by atoms with Crippen LogP contribution in [0.1, 0.15) is 239 Å². The highest BCUT2D eigenvalue weighted by molar-refractivity contribution is 5.70. The minimum atomic E-state index is -0.574. The van der Waals surface area contributed by atoms with Gasteiger partial charge in [-0.05, 0) is 89.9 Å². The number of rotatable bonds is 48. The first-order valence-electron chi connectivity index (χ1n) is 26.8. The van der Waals surface area contributed by atoms with Gasteiger partial charge in [-0.1, -0.05) is 234 Å². The molecular formula is C59H100O5. The molecule has 0 heterocycles. The molecule has 0 N–H and O–H groups in total. The van der Waals surface area contributed by atoms with Gasteiger partial charge in [-0.15, -0.1) is 0 Å². The molecule has 0 radical (unpaired) electrons. The SMILES string of the molecule is CC/C=C\C/C=C\C/C=C\C/C=C\CCCCCCCCC(=O)OCC(COCCC/C=C\C/C=C\C/C=C\C/C=C\CC)OC(=O)CCCCCCCCCCCCCCCCC. The molecule has 0 fully saturated rings. The Labute approximate surface area is 396 Å². The zero-order valence-corrected chi connectivity index (χ0v) is 42.0. The average molecular weight is 889 g/mol. The average Bonchev–Trinajstić information content (AvgIpc) is 3.30. The van der Waals surface area contributed by atoms with Crippen molar-refractivity contribution in [3.63, 3.8) is 0 Å². The second-order valence-electron chi connectivity index (χ2n) is 17.4. The van der Waals surface area contributed by atoms with E-state index in [2.05, 4.69) is 118 Å². The van der Waals surface area contributed by atoms with Crippen molar-refractivity contribution in [3.8, 4) is 0 Å². The summed E-state index contributed by atoms with van der Waals surface area (Å²) in [6, 6.07) is 0. The maximum Gasteiger partial charge on any atom is 0.306 e. The molecule has 0 saturated carbocycles. The Morgan fingerprint density at radius 3 is 1.12 bits per heavy atom. The van der Waals surface area contributed by atoms with Gasteiger partial charge in [0, 0.05) is 19.4 Å². The molecule has 5 nitrogen and oxygen atoms in total. The van der Waals surface area contributed by atoms with Crippen LogP contribution < -0.4 is 0 Å². The van der Waals surface area contributed by atoms with Gasteiger partial charge in [0.1, 0.15) is 6.61 Å². The third-order valence-corrected chi connectivity index (χ3v) is 11.1. The van der Waals surface area contributed by atoms with E-state index in [4.69, 9.17) is 14.2 Å². The van der Waals surface area contributed by atoms with Crippen molar-refractivity contribution in [1.29, 1.82) is 0 Å². The van der Waals surface area contributed by atoms with Crippen molar-refractivity contribution in [2.24, 2.45) is 0 Å². The van der Waals surface area contributed by atoms with Crippen molar-refractivity contribution >= 4 is 11.9 Å². The number of esters is 2. The molecule has 0 spiro atoms. The van der Waals surface area contributed by atoms with Gasteiger partial charge in [-0.2, -0.15) is 0 Å². The summed E-state index contributed by atoms with van der Waals surface area (Å²) in [6.45, 7) is 7.46. The lowest BCUT2D eigenvalue weighted by Gasteiger charge is -2.18. The van der Waals surface area contributed by atoms with Crippen molar-refractivity contribution in [3.05, 3.63) is 97.2 Å². The molecule has 0 aliphatic carbocycles. The fraction of sp³-hybridized carbons (Fsp3) is 0.695. The number of allylic oxidation sites excluding steroid dienone is 16. The van der Waals surface area contributed by atoms with Crippen LogP contribution in [0.15, 0.2) is 97.2 Å². The standard InChI is InChI=1S/C59H100O5/c1-4-7-10-13-16-19-22-25-28-29-30-31-33-34-37-40-43-46-49-52-58(60)63-56-57(55-62-54-51-48-45-42-39-36-27-24-21-18-15-12-9-6-3)64-59(61)53-50-47-44-41-38-35-32-26-23-20-17-14-11-8-5-2/h7,9-10,12,16,18-19,21,25,27-28,30-31,36,42,45,57H,4-6,8,11,13-15,17,20,22-24,26,29,32-35,37-41,43-44,46-56H2,1-3H3/b10-7-,12-9-,19-16-,21-18-,28-25-,31-30-,36-27-,45-42-. The van der Waals surface area contributed by atoms with Crippen molar-refractivity contribution in [2.45, 2.75) is 245 Å². The Bertz CT molecular complexity index is 1230. The van der Waals surface area contributed by atoms with Gasteiger partial charge in [-0.25, -0.2) is 0 Å². The van der Waals surface area contributed by atoms with E-state index in [1.54, 1.807) is 0 Å². The highest BCUT2D eigenvalue weighted by atomic mass is 16.6. The van der Waals surface area contributed by atoms with Gasteiger partial charge >= 0.3 is 11.9 Å². The third-order valence-electron chi connectivity index (χ3n) is 11.1. The van der Waals surface area contributed by atoms with E-state index in [-0.39, 0.29) is 25.2 Å². The summed E-state index contributed by atoms with van der Waals surface area (Å²) in [4.78, 5) is 25.4. The normalized spacial score (nSPS) is 13.0. The molecule has 0 amide bonds. The second-order valence-corrected chi connectivity index (χ2v) is 17.4. The van der Waals surface area contributed by atoms with Gasteiger partial charge in [0.05, 0.1) is 6.61 Å². The lowest BCUT2D eigenvalue weighted by Crippen LogP contribution is -2.30. The lowest BCUT2D eigenvalue weighted by atomic mass is 10.0. The summed E-state index contributed by atoms with van der Waals surface area (Å²) in [5.74, 6) is -0.441. The highest BCUT2D eigenvalue weighted by Crippen LogP contribution is 2.15. The van der Waals surface area contributed by atoms with Crippen LogP contribution in [0.2, 0.25) is 0 Å². The Kier molecular flexibility index (Phi) is 51.5. The molecule has 0 rings (SSSR count). The molecule has 0 aromatic heterocycles. The minimum Gasteiger partial charge on any atom is -0.462 e. The number of ether oxygens (including phenoxy) is 3. The van der Waals surface area contributed by atoms with Gasteiger partial charge in [0.2, 0.25) is 0 Å². The van der Waals surface area contributed by atoms with E-state index in [0.717, 1.165) is 103 Å². The summed E-state index contributed by atoms with van der Waals surface area (Å²) in [7, 11) is 0. The van der Waals surface area contributed by atoms with Gasteiger partial charge in [-0.3, -0.25) is 9.59 Å². The van der Waals surface area contributed by atoms with Crippen molar-refractivity contribution < 1.29 is 23.8 Å². The Morgan fingerprint density at radius 1 is 0.359 bits per heavy atom. The summed E-state index contributed by atoms with van der Waals surface area (Å²) in [5.41, 5.74) is 0. The molecule has 0 saturated heterocycles. The van der Waals surface area contributed by atoms with Crippen LogP contribution in [0.4, 0.5) is 0 Å². The van der Waals surface area contributed by atoms with Crippen LogP contribution in [-0.4, -0.2) is 37.9 Å². The number of unbranched alkanes of at least 4 members (excludes halogenated alkanes) is 21. The second kappa shape index (κ2) is 54.2. The maximum absolute atomic E-state index is 12.8. The van der Waals surface area contributed by atoms with Crippen molar-refractivity contribution in [2.75, 3.05) is 19.8 Å². The van der Waals surface area contributed by atoms with E-state index in [1.165, 1.54) is 103 Å². The van der Waals surface area contributed by atoms with Gasteiger partial charge in [0.25, 0.3) is 0 Å². The van der Waals surface area contributed by atoms with Gasteiger partial charge < -0.3 is 14.2 Å². The van der Waals surface area contributed by atoms with Crippen LogP contribution in [0.3, 0.4) is 0 Å². The smallest absolute Gasteiger partial charge is 0.306 e. The van der Waals surface area contributed by atoms with E-state index in [0.29, 0.717) is 19.4 Å². The third kappa shape index (κ3) is 51.5. The van der Waals surface area contributed by atoms with Crippen LogP contribution >= 0.6 is 0 Å². The van der Waals surface area contributed by atoms with Crippen LogP contribution in [0.25, 0.3) is 0 Å². The molecule has 0 aromatic rings. The summed E-state index contributed by atoms with van der Waals surface area (Å²) < 4.78 is 17.4. The Morgan fingerprint density at radius 2 is 0.703 bits per heavy atom. The monoisotopic (exact) mass is 889 g/mol. The largest absolute Gasteiger partial charge is 0.462 e.